The van der Waals surface area contributed by atoms with Crippen LogP contribution in [0.4, 0.5) is 4.39 Å². The van der Waals surface area contributed by atoms with Gasteiger partial charge in [-0.2, -0.15) is 0 Å². The molecule has 2 aromatic rings. The van der Waals surface area contributed by atoms with Crippen molar-refractivity contribution >= 4 is 5.91 Å². The number of rotatable bonds is 4. The molecular formula is C20H23FN2O3. The number of furan rings is 1. The average molecular weight is 358 g/mol. The van der Waals surface area contributed by atoms with E-state index in [0.29, 0.717) is 23.3 Å². The van der Waals surface area contributed by atoms with Crippen molar-refractivity contribution in [3.05, 3.63) is 41.9 Å². The van der Waals surface area contributed by atoms with Gasteiger partial charge < -0.3 is 14.5 Å². The van der Waals surface area contributed by atoms with E-state index in [2.05, 4.69) is 17.1 Å². The van der Waals surface area contributed by atoms with Gasteiger partial charge in [-0.1, -0.05) is 0 Å². The van der Waals surface area contributed by atoms with E-state index in [4.69, 9.17) is 9.15 Å². The summed E-state index contributed by atoms with van der Waals surface area (Å²) in [4.78, 5) is 15.1. The second kappa shape index (κ2) is 6.76. The van der Waals surface area contributed by atoms with Crippen LogP contribution in [-0.2, 0) is 0 Å². The molecule has 138 valence electrons. The van der Waals surface area contributed by atoms with Crippen LogP contribution in [0.25, 0.3) is 11.3 Å². The maximum atomic E-state index is 13.9. The molecule has 0 aliphatic carbocycles. The highest BCUT2D eigenvalue weighted by Gasteiger charge is 2.40. The predicted molar refractivity (Wildman–Crippen MR) is 95.7 cm³/mol. The summed E-state index contributed by atoms with van der Waals surface area (Å²) >= 11 is 0. The normalized spacial score (nSPS) is 27.3. The van der Waals surface area contributed by atoms with Gasteiger partial charge >= 0.3 is 0 Å². The molecule has 1 N–H and O–H groups in total. The Bertz CT molecular complexity index is 809. The number of amides is 1. The van der Waals surface area contributed by atoms with E-state index >= 15 is 0 Å². The van der Waals surface area contributed by atoms with E-state index in [-0.39, 0.29) is 23.5 Å². The lowest BCUT2D eigenvalue weighted by atomic mass is 9.79. The largest absolute Gasteiger partial charge is 0.494 e. The second-order valence-electron chi connectivity index (χ2n) is 7.13. The highest BCUT2D eigenvalue weighted by molar-refractivity contribution is 5.92. The molecule has 5 nitrogen and oxygen atoms in total. The van der Waals surface area contributed by atoms with Gasteiger partial charge in [0.2, 0.25) is 0 Å². The van der Waals surface area contributed by atoms with Gasteiger partial charge in [0.25, 0.3) is 5.91 Å². The number of nitrogens with one attached hydrogen (secondary N) is 1. The minimum Gasteiger partial charge on any atom is -0.494 e. The number of hydrogen-bond donors (Lipinski definition) is 1. The van der Waals surface area contributed by atoms with Crippen molar-refractivity contribution in [3.8, 4) is 17.1 Å². The molecule has 3 fully saturated rings. The zero-order valence-electron chi connectivity index (χ0n) is 15.0. The summed E-state index contributed by atoms with van der Waals surface area (Å²) in [5.74, 6) is 0.738. The van der Waals surface area contributed by atoms with Gasteiger partial charge in [0.15, 0.2) is 17.3 Å². The number of ether oxygens (including phenoxy) is 1. The maximum absolute atomic E-state index is 13.9. The number of halogens is 1. The van der Waals surface area contributed by atoms with Crippen LogP contribution >= 0.6 is 0 Å². The Hall–Kier alpha value is -2.34. The van der Waals surface area contributed by atoms with Crippen LogP contribution in [0.5, 0.6) is 5.75 Å². The highest BCUT2D eigenvalue weighted by atomic mass is 19.1. The summed E-state index contributed by atoms with van der Waals surface area (Å²) in [5, 5.41) is 3.14. The Morgan fingerprint density at radius 3 is 2.69 bits per heavy atom. The number of benzene rings is 1. The fraction of sp³-hybridized carbons (Fsp3) is 0.450. The average Bonchev–Trinajstić information content (AvgIpc) is 3.15. The molecule has 5 rings (SSSR count). The van der Waals surface area contributed by atoms with Crippen molar-refractivity contribution in [3.63, 3.8) is 0 Å². The highest BCUT2D eigenvalue weighted by Crippen LogP contribution is 2.32. The first-order chi connectivity index (χ1) is 12.6. The number of fused-ring (bicyclic) bond motifs is 3. The standard InChI is InChI=1S/C20H23FN2O3/c1-12-19(13-7-9-23(12)10-8-13)22-20(24)18-6-5-16(26-18)14-3-4-17(25-2)15(21)11-14/h3-6,11-13,19H,7-10H2,1-2H3,(H,22,24)/t12-,19-/m0/s1. The summed E-state index contributed by atoms with van der Waals surface area (Å²) in [6.07, 6.45) is 2.26. The van der Waals surface area contributed by atoms with E-state index in [1.54, 1.807) is 24.3 Å². The third-order valence-electron chi connectivity index (χ3n) is 5.74. The van der Waals surface area contributed by atoms with E-state index < -0.39 is 5.82 Å². The molecular weight excluding hydrogens is 335 g/mol. The molecule has 3 aliphatic heterocycles. The van der Waals surface area contributed by atoms with Gasteiger partial charge in [0.05, 0.1) is 7.11 Å². The molecule has 26 heavy (non-hydrogen) atoms. The van der Waals surface area contributed by atoms with Crippen LogP contribution in [0, 0.1) is 11.7 Å². The van der Waals surface area contributed by atoms with Crippen LogP contribution in [0.2, 0.25) is 0 Å². The van der Waals surface area contributed by atoms with Crippen LogP contribution in [0.1, 0.15) is 30.3 Å². The quantitative estimate of drug-likeness (QED) is 0.911. The number of carbonyl (C=O) groups is 1. The van der Waals surface area contributed by atoms with Crippen molar-refractivity contribution in [2.24, 2.45) is 5.92 Å². The molecule has 3 saturated heterocycles. The van der Waals surface area contributed by atoms with Crippen molar-refractivity contribution < 1.29 is 18.3 Å². The number of nitrogens with zero attached hydrogens (tertiary/aromatic N) is 1. The minimum absolute atomic E-state index is 0.150. The van der Waals surface area contributed by atoms with Gasteiger partial charge in [0.1, 0.15) is 5.76 Å². The third-order valence-corrected chi connectivity index (χ3v) is 5.74. The smallest absolute Gasteiger partial charge is 0.287 e. The molecule has 1 aromatic heterocycles. The molecule has 0 saturated carbocycles. The lowest BCUT2D eigenvalue weighted by Gasteiger charge is -2.49. The number of carbonyl (C=O) groups excluding carboxylic acids is 1. The Balaban J connectivity index is 1.49. The molecule has 4 heterocycles. The summed E-state index contributed by atoms with van der Waals surface area (Å²) in [5.41, 5.74) is 0.568. The Kier molecular flexibility index (Phi) is 4.44. The van der Waals surface area contributed by atoms with E-state index in [9.17, 15) is 9.18 Å². The molecule has 3 aliphatic rings. The maximum Gasteiger partial charge on any atom is 0.287 e. The van der Waals surface area contributed by atoms with Gasteiger partial charge in [-0.3, -0.25) is 9.69 Å². The molecule has 6 heteroatoms. The summed E-state index contributed by atoms with van der Waals surface area (Å²) in [6.45, 7) is 4.40. The fourth-order valence-corrected chi connectivity index (χ4v) is 4.20. The summed E-state index contributed by atoms with van der Waals surface area (Å²) in [6, 6.07) is 8.41. The SMILES string of the molecule is COc1ccc(-c2ccc(C(=O)N[C@@H]3C4CCN(CC4)[C@H]3C)o2)cc1F. The molecule has 1 amide bonds. The van der Waals surface area contributed by atoms with Crippen LogP contribution in [0.3, 0.4) is 0 Å². The van der Waals surface area contributed by atoms with Crippen LogP contribution in [0.15, 0.2) is 34.7 Å². The predicted octanol–water partition coefficient (Wildman–Crippen LogP) is 3.31. The Labute approximate surface area is 152 Å². The molecule has 0 unspecified atom stereocenters. The first-order valence-electron chi connectivity index (χ1n) is 9.05. The Morgan fingerprint density at radius 2 is 2.04 bits per heavy atom. The Morgan fingerprint density at radius 1 is 1.27 bits per heavy atom. The number of methoxy groups -OCH3 is 1. The molecule has 2 bridgehead atoms. The van der Waals surface area contributed by atoms with Gasteiger partial charge in [-0.25, -0.2) is 4.39 Å². The lowest BCUT2D eigenvalue weighted by Crippen LogP contribution is -2.62. The van der Waals surface area contributed by atoms with Crippen LogP contribution < -0.4 is 10.1 Å². The first-order valence-corrected chi connectivity index (χ1v) is 9.05. The van der Waals surface area contributed by atoms with E-state index in [0.717, 1.165) is 25.9 Å². The minimum atomic E-state index is -0.464. The van der Waals surface area contributed by atoms with Gasteiger partial charge in [0, 0.05) is 17.6 Å². The van der Waals surface area contributed by atoms with E-state index in [1.165, 1.54) is 13.2 Å². The van der Waals surface area contributed by atoms with E-state index in [1.807, 2.05) is 0 Å². The molecule has 0 spiro atoms. The van der Waals surface area contributed by atoms with Crippen molar-refractivity contribution in [2.45, 2.75) is 31.8 Å². The fourth-order valence-electron chi connectivity index (χ4n) is 4.20. The van der Waals surface area contributed by atoms with Gasteiger partial charge in [-0.05, 0) is 69.1 Å². The monoisotopic (exact) mass is 358 g/mol. The topological polar surface area (TPSA) is 54.7 Å². The van der Waals surface area contributed by atoms with Crippen molar-refractivity contribution in [1.82, 2.24) is 10.2 Å². The van der Waals surface area contributed by atoms with Crippen LogP contribution in [-0.4, -0.2) is 43.1 Å². The molecule has 1 aromatic carbocycles. The number of piperidine rings is 3. The zero-order chi connectivity index (χ0) is 18.3. The molecule has 0 radical (unpaired) electrons. The third kappa shape index (κ3) is 2.98. The van der Waals surface area contributed by atoms with Gasteiger partial charge in [-0.15, -0.1) is 0 Å². The lowest BCUT2D eigenvalue weighted by molar-refractivity contribution is 0.0211. The summed E-state index contributed by atoms with van der Waals surface area (Å²) in [7, 11) is 1.42. The summed E-state index contributed by atoms with van der Waals surface area (Å²) < 4.78 is 24.5. The zero-order valence-corrected chi connectivity index (χ0v) is 15.0. The van der Waals surface area contributed by atoms with Crippen molar-refractivity contribution in [2.75, 3.05) is 20.2 Å². The molecule has 2 atom stereocenters. The second-order valence-corrected chi connectivity index (χ2v) is 7.13. The number of hydrogen-bond acceptors (Lipinski definition) is 4. The van der Waals surface area contributed by atoms with Crippen molar-refractivity contribution in [1.29, 1.82) is 0 Å². The first kappa shape index (κ1) is 17.1.